The van der Waals surface area contributed by atoms with Gasteiger partial charge in [0.1, 0.15) is 0 Å². The third-order valence-corrected chi connectivity index (χ3v) is 6.93. The Kier molecular flexibility index (Phi) is 7.21. The van der Waals surface area contributed by atoms with Crippen molar-refractivity contribution in [1.29, 1.82) is 0 Å². The molecule has 5 nitrogen and oxygen atoms in total. The molecular formula is C28H26N2O3S. The van der Waals surface area contributed by atoms with Crippen molar-refractivity contribution < 1.29 is 13.2 Å². The second-order valence-electron chi connectivity index (χ2n) is 8.01. The van der Waals surface area contributed by atoms with Crippen LogP contribution in [0.25, 0.3) is 11.1 Å². The lowest BCUT2D eigenvalue weighted by Gasteiger charge is -2.15. The molecule has 2 N–H and O–H groups in total. The topological polar surface area (TPSA) is 75.3 Å². The molecule has 1 amide bonds. The molecule has 0 atom stereocenters. The number of aryl methyl sites for hydroxylation is 1. The van der Waals surface area contributed by atoms with E-state index in [0.717, 1.165) is 27.8 Å². The fraction of sp³-hybridized carbons (Fsp3) is 0.107. The lowest BCUT2D eigenvalue weighted by atomic mass is 9.95. The fourth-order valence-electron chi connectivity index (χ4n) is 3.77. The third-order valence-electron chi connectivity index (χ3n) is 5.53. The van der Waals surface area contributed by atoms with Gasteiger partial charge in [-0.25, -0.2) is 13.1 Å². The molecule has 0 aromatic heterocycles. The van der Waals surface area contributed by atoms with E-state index in [9.17, 15) is 13.2 Å². The summed E-state index contributed by atoms with van der Waals surface area (Å²) in [6.45, 7) is 2.38. The first-order chi connectivity index (χ1) is 16.4. The van der Waals surface area contributed by atoms with Gasteiger partial charge in [-0.15, -0.1) is 0 Å². The minimum atomic E-state index is -3.67. The second kappa shape index (κ2) is 10.5. The summed E-state index contributed by atoms with van der Waals surface area (Å²) >= 11 is 0. The highest BCUT2D eigenvalue weighted by Crippen LogP contribution is 2.28. The van der Waals surface area contributed by atoms with Crippen LogP contribution in [0.3, 0.4) is 0 Å². The molecule has 0 aliphatic rings. The quantitative estimate of drug-likeness (QED) is 0.378. The van der Waals surface area contributed by atoms with E-state index in [1.807, 2.05) is 85.8 Å². The average molecular weight is 471 g/mol. The molecule has 4 rings (SSSR count). The molecule has 6 heteroatoms. The standard InChI is InChI=1S/C28H26N2O3S/c1-21-10-9-14-24(18-21)34(32,33)30-20-23-13-5-6-15-25(23)26-16-7-8-17-27(26)28(31)29-19-22-11-3-2-4-12-22/h2-18,30H,19-20H2,1H3,(H,29,31). The van der Waals surface area contributed by atoms with Crippen molar-refractivity contribution in [2.24, 2.45) is 0 Å². The van der Waals surface area contributed by atoms with Gasteiger partial charge >= 0.3 is 0 Å². The van der Waals surface area contributed by atoms with E-state index in [-0.39, 0.29) is 17.3 Å². The first kappa shape index (κ1) is 23.4. The monoisotopic (exact) mass is 470 g/mol. The van der Waals surface area contributed by atoms with E-state index in [4.69, 9.17) is 0 Å². The lowest BCUT2D eigenvalue weighted by Crippen LogP contribution is -2.24. The van der Waals surface area contributed by atoms with Crippen molar-refractivity contribution in [3.63, 3.8) is 0 Å². The molecule has 0 aliphatic heterocycles. The molecule has 0 unspecified atom stereocenters. The summed E-state index contributed by atoms with van der Waals surface area (Å²) < 4.78 is 28.3. The van der Waals surface area contributed by atoms with Crippen LogP contribution in [0.5, 0.6) is 0 Å². The van der Waals surface area contributed by atoms with Crippen molar-refractivity contribution in [1.82, 2.24) is 10.0 Å². The molecule has 0 heterocycles. The van der Waals surface area contributed by atoms with Crippen molar-refractivity contribution >= 4 is 15.9 Å². The maximum atomic E-state index is 13.0. The van der Waals surface area contributed by atoms with Gasteiger partial charge in [0.2, 0.25) is 10.0 Å². The van der Waals surface area contributed by atoms with Crippen molar-refractivity contribution in [2.45, 2.75) is 24.9 Å². The van der Waals surface area contributed by atoms with Crippen LogP contribution in [0.4, 0.5) is 0 Å². The van der Waals surface area contributed by atoms with Gasteiger partial charge in [-0.3, -0.25) is 4.79 Å². The maximum Gasteiger partial charge on any atom is 0.252 e. The summed E-state index contributed by atoms with van der Waals surface area (Å²) in [6, 6.07) is 31.4. The largest absolute Gasteiger partial charge is 0.348 e. The number of nitrogens with one attached hydrogen (secondary N) is 2. The van der Waals surface area contributed by atoms with E-state index in [1.54, 1.807) is 24.3 Å². The maximum absolute atomic E-state index is 13.0. The predicted molar refractivity (Wildman–Crippen MR) is 135 cm³/mol. The van der Waals surface area contributed by atoms with E-state index >= 15 is 0 Å². The first-order valence-corrected chi connectivity index (χ1v) is 12.5. The first-order valence-electron chi connectivity index (χ1n) is 11.0. The van der Waals surface area contributed by atoms with Gasteiger partial charge in [0.25, 0.3) is 5.91 Å². The predicted octanol–water partition coefficient (Wildman–Crippen LogP) is 5.07. The minimum absolute atomic E-state index is 0.104. The Balaban J connectivity index is 1.57. The van der Waals surface area contributed by atoms with Crippen LogP contribution in [-0.4, -0.2) is 14.3 Å². The molecule has 0 spiro atoms. The SMILES string of the molecule is Cc1cccc(S(=O)(=O)NCc2ccccc2-c2ccccc2C(=O)NCc2ccccc2)c1. The number of carbonyl (C=O) groups is 1. The smallest absolute Gasteiger partial charge is 0.252 e. The summed E-state index contributed by atoms with van der Waals surface area (Å²) in [7, 11) is -3.67. The number of carbonyl (C=O) groups excluding carboxylic acids is 1. The number of sulfonamides is 1. The van der Waals surface area contributed by atoms with Crippen LogP contribution in [0, 0.1) is 6.92 Å². The highest BCUT2D eigenvalue weighted by atomic mass is 32.2. The average Bonchev–Trinajstić information content (AvgIpc) is 2.87. The van der Waals surface area contributed by atoms with E-state index in [1.165, 1.54) is 0 Å². The summed E-state index contributed by atoms with van der Waals surface area (Å²) in [5.74, 6) is -0.186. The second-order valence-corrected chi connectivity index (χ2v) is 9.78. The molecule has 0 saturated heterocycles. The van der Waals surface area contributed by atoms with E-state index in [2.05, 4.69) is 10.0 Å². The molecule has 0 aliphatic carbocycles. The van der Waals surface area contributed by atoms with Gasteiger partial charge in [-0.1, -0.05) is 84.9 Å². The Morgan fingerprint density at radius 3 is 2.18 bits per heavy atom. The van der Waals surface area contributed by atoms with E-state index < -0.39 is 10.0 Å². The molecule has 0 bridgehead atoms. The van der Waals surface area contributed by atoms with Crippen LogP contribution in [0.1, 0.15) is 27.0 Å². The zero-order valence-electron chi connectivity index (χ0n) is 18.9. The normalized spacial score (nSPS) is 11.2. The Bertz CT molecular complexity index is 1400. The molecule has 0 radical (unpaired) electrons. The van der Waals surface area contributed by atoms with Crippen LogP contribution in [0.2, 0.25) is 0 Å². The van der Waals surface area contributed by atoms with Gasteiger partial charge in [0.15, 0.2) is 0 Å². The van der Waals surface area contributed by atoms with Gasteiger partial charge in [0, 0.05) is 18.7 Å². The number of benzene rings is 4. The lowest BCUT2D eigenvalue weighted by molar-refractivity contribution is 0.0951. The zero-order valence-corrected chi connectivity index (χ0v) is 19.7. The third kappa shape index (κ3) is 5.60. The van der Waals surface area contributed by atoms with Crippen molar-refractivity contribution in [3.05, 3.63) is 125 Å². The summed E-state index contributed by atoms with van der Waals surface area (Å²) in [5, 5.41) is 2.98. The van der Waals surface area contributed by atoms with Gasteiger partial charge in [0.05, 0.1) is 4.90 Å². The number of hydrogen-bond donors (Lipinski definition) is 2. The number of hydrogen-bond acceptors (Lipinski definition) is 3. The molecule has 4 aromatic carbocycles. The summed E-state index contributed by atoms with van der Waals surface area (Å²) in [4.78, 5) is 13.3. The molecule has 172 valence electrons. The van der Waals surface area contributed by atoms with Gasteiger partial charge < -0.3 is 5.32 Å². The van der Waals surface area contributed by atoms with Gasteiger partial charge in [-0.2, -0.15) is 0 Å². The van der Waals surface area contributed by atoms with Gasteiger partial charge in [-0.05, 0) is 52.9 Å². The van der Waals surface area contributed by atoms with Crippen LogP contribution < -0.4 is 10.0 Å². The zero-order chi connectivity index (χ0) is 24.0. The van der Waals surface area contributed by atoms with Crippen molar-refractivity contribution in [3.8, 4) is 11.1 Å². The molecule has 4 aromatic rings. The Labute approximate surface area is 200 Å². The molecule has 0 saturated carbocycles. The Morgan fingerprint density at radius 2 is 1.41 bits per heavy atom. The van der Waals surface area contributed by atoms with Crippen LogP contribution in [-0.2, 0) is 23.1 Å². The molecule has 34 heavy (non-hydrogen) atoms. The molecular weight excluding hydrogens is 444 g/mol. The Hall–Kier alpha value is -3.74. The minimum Gasteiger partial charge on any atom is -0.348 e. The summed E-state index contributed by atoms with van der Waals surface area (Å²) in [5.41, 5.74) is 4.76. The van der Waals surface area contributed by atoms with Crippen LogP contribution in [0.15, 0.2) is 108 Å². The fourth-order valence-corrected chi connectivity index (χ4v) is 4.88. The summed E-state index contributed by atoms with van der Waals surface area (Å²) in [6.07, 6.45) is 0. The highest BCUT2D eigenvalue weighted by Gasteiger charge is 2.17. The van der Waals surface area contributed by atoms with E-state index in [0.29, 0.717) is 12.1 Å². The highest BCUT2D eigenvalue weighted by molar-refractivity contribution is 7.89. The molecule has 0 fully saturated rings. The van der Waals surface area contributed by atoms with Crippen LogP contribution >= 0.6 is 0 Å². The Morgan fingerprint density at radius 1 is 0.735 bits per heavy atom. The van der Waals surface area contributed by atoms with Crippen molar-refractivity contribution in [2.75, 3.05) is 0 Å². The number of amides is 1. The number of rotatable bonds is 8.